The Morgan fingerprint density at radius 3 is 2.47 bits per heavy atom. The maximum absolute atomic E-state index is 12.2. The highest BCUT2D eigenvalue weighted by Gasteiger charge is 2.08. The Labute approximate surface area is 175 Å². The molecule has 3 aromatic rings. The number of aryl methyl sites for hydroxylation is 2. The Morgan fingerprint density at radius 1 is 1.03 bits per heavy atom. The van der Waals surface area contributed by atoms with E-state index in [1.54, 1.807) is 30.3 Å². The monoisotopic (exact) mass is 401 g/mol. The van der Waals surface area contributed by atoms with Crippen LogP contribution in [0.15, 0.2) is 54.6 Å². The van der Waals surface area contributed by atoms with Gasteiger partial charge in [-0.2, -0.15) is 5.10 Å². The number of nitrogens with one attached hydrogen (secondary N) is 3. The minimum absolute atomic E-state index is 0.169. The van der Waals surface area contributed by atoms with Gasteiger partial charge in [0.15, 0.2) is 0 Å². The van der Waals surface area contributed by atoms with Crippen LogP contribution in [0, 0.1) is 26.2 Å². The molecule has 0 aliphatic carbocycles. The van der Waals surface area contributed by atoms with Crippen molar-refractivity contribution in [3.05, 3.63) is 77.1 Å². The third-order valence-corrected chi connectivity index (χ3v) is 4.34. The second-order valence-electron chi connectivity index (χ2n) is 6.87. The largest absolute Gasteiger partial charge is 0.329 e. The predicted molar refractivity (Wildman–Crippen MR) is 117 cm³/mol. The molecule has 3 N–H and O–H groups in total. The van der Waals surface area contributed by atoms with Gasteiger partial charge in [-0.1, -0.05) is 24.1 Å². The molecule has 0 aliphatic heterocycles. The summed E-state index contributed by atoms with van der Waals surface area (Å²) in [5, 5.41) is 12.4. The maximum Gasteiger partial charge on any atom is 0.319 e. The third kappa shape index (κ3) is 5.72. The summed E-state index contributed by atoms with van der Waals surface area (Å²) in [5.74, 6) is 2.16. The average Bonchev–Trinajstić information content (AvgIpc) is 3.03. The Balaban J connectivity index is 1.51. The van der Waals surface area contributed by atoms with E-state index in [1.165, 1.54) is 0 Å². The van der Waals surface area contributed by atoms with Gasteiger partial charge in [0.25, 0.3) is 0 Å². The van der Waals surface area contributed by atoms with Gasteiger partial charge < -0.3 is 16.0 Å². The molecule has 0 unspecified atom stereocenters. The third-order valence-electron chi connectivity index (χ3n) is 4.34. The zero-order valence-electron chi connectivity index (χ0n) is 16.9. The molecule has 1 heterocycles. The molecule has 30 heavy (non-hydrogen) atoms. The highest BCUT2D eigenvalue weighted by atomic mass is 16.2. The van der Waals surface area contributed by atoms with Crippen molar-refractivity contribution >= 4 is 23.3 Å². The highest BCUT2D eigenvalue weighted by molar-refractivity contribution is 5.97. The first-order chi connectivity index (χ1) is 14.4. The summed E-state index contributed by atoms with van der Waals surface area (Å²) in [6.45, 7) is 4.39. The van der Waals surface area contributed by atoms with Crippen molar-refractivity contribution in [3.8, 4) is 12.3 Å². The molecule has 0 aliphatic rings. The summed E-state index contributed by atoms with van der Waals surface area (Å²) in [4.78, 5) is 24.2. The van der Waals surface area contributed by atoms with E-state index in [9.17, 15) is 9.59 Å². The van der Waals surface area contributed by atoms with E-state index in [4.69, 9.17) is 6.42 Å². The molecule has 152 valence electrons. The summed E-state index contributed by atoms with van der Waals surface area (Å²) >= 11 is 0. The summed E-state index contributed by atoms with van der Waals surface area (Å²) in [5.41, 5.74) is 4.92. The molecule has 0 fully saturated rings. The lowest BCUT2D eigenvalue weighted by Crippen LogP contribution is -2.35. The van der Waals surface area contributed by atoms with Crippen LogP contribution in [0.2, 0.25) is 0 Å². The fraction of sp³-hybridized carbons (Fsp3) is 0.174. The summed E-state index contributed by atoms with van der Waals surface area (Å²) in [6.07, 6.45) is 5.35. The standard InChI is InChI=1S/C23H23N5O2/c1-4-18-7-5-9-20(12-18)25-22(29)14-24-23(30)26-21-10-6-8-19(13-21)15-28-17(3)11-16(2)27-28/h1,5-13H,14-15H2,2-3H3,(H,25,29)(H2,24,26,30). The molecule has 7 heteroatoms. The molecule has 1 aromatic heterocycles. The summed E-state index contributed by atoms with van der Waals surface area (Å²) in [7, 11) is 0. The number of rotatable bonds is 6. The Morgan fingerprint density at radius 2 is 1.77 bits per heavy atom. The fourth-order valence-corrected chi connectivity index (χ4v) is 2.98. The molecule has 0 atom stereocenters. The number of nitrogens with zero attached hydrogens (tertiary/aromatic N) is 2. The van der Waals surface area contributed by atoms with Crippen LogP contribution >= 0.6 is 0 Å². The molecule has 3 rings (SSSR count). The number of aromatic nitrogens is 2. The van der Waals surface area contributed by atoms with Gasteiger partial charge in [-0.15, -0.1) is 6.42 Å². The van der Waals surface area contributed by atoms with E-state index < -0.39 is 6.03 Å². The average molecular weight is 401 g/mol. The second kappa shape index (κ2) is 9.43. The van der Waals surface area contributed by atoms with E-state index in [0.29, 0.717) is 23.5 Å². The van der Waals surface area contributed by atoms with E-state index in [-0.39, 0.29) is 12.5 Å². The normalized spacial score (nSPS) is 10.2. The molecular weight excluding hydrogens is 378 g/mol. The quantitative estimate of drug-likeness (QED) is 0.554. The summed E-state index contributed by atoms with van der Waals surface area (Å²) in [6, 6.07) is 16.0. The number of hydrogen-bond acceptors (Lipinski definition) is 3. The zero-order chi connectivity index (χ0) is 21.5. The van der Waals surface area contributed by atoms with Crippen LogP contribution in [-0.4, -0.2) is 28.3 Å². The maximum atomic E-state index is 12.2. The van der Waals surface area contributed by atoms with Crippen LogP contribution in [-0.2, 0) is 11.3 Å². The minimum Gasteiger partial charge on any atom is -0.329 e. The Hall–Kier alpha value is -4.05. The predicted octanol–water partition coefficient (Wildman–Crippen LogP) is 3.29. The molecule has 0 spiro atoms. The first-order valence-corrected chi connectivity index (χ1v) is 9.44. The minimum atomic E-state index is -0.467. The SMILES string of the molecule is C#Cc1cccc(NC(=O)CNC(=O)Nc2cccc(Cn3nc(C)cc3C)c2)c1. The number of anilines is 2. The molecule has 7 nitrogen and oxygen atoms in total. The molecule has 0 bridgehead atoms. The van der Waals surface area contributed by atoms with Crippen LogP contribution < -0.4 is 16.0 Å². The van der Waals surface area contributed by atoms with Crippen molar-refractivity contribution in [3.63, 3.8) is 0 Å². The molecule has 0 radical (unpaired) electrons. The van der Waals surface area contributed by atoms with Crippen LogP contribution in [0.4, 0.5) is 16.2 Å². The first-order valence-electron chi connectivity index (χ1n) is 9.44. The lowest BCUT2D eigenvalue weighted by atomic mass is 10.2. The number of benzene rings is 2. The summed E-state index contributed by atoms with van der Waals surface area (Å²) < 4.78 is 1.91. The Kier molecular flexibility index (Phi) is 6.50. The second-order valence-corrected chi connectivity index (χ2v) is 6.87. The van der Waals surface area contributed by atoms with E-state index >= 15 is 0 Å². The van der Waals surface area contributed by atoms with Crippen molar-refractivity contribution in [2.45, 2.75) is 20.4 Å². The molecule has 0 saturated heterocycles. The van der Waals surface area contributed by atoms with Crippen molar-refractivity contribution in [1.82, 2.24) is 15.1 Å². The van der Waals surface area contributed by atoms with Gasteiger partial charge in [0.1, 0.15) is 0 Å². The van der Waals surface area contributed by atoms with Crippen LogP contribution in [0.25, 0.3) is 0 Å². The molecular formula is C23H23N5O2. The smallest absolute Gasteiger partial charge is 0.319 e. The molecule has 2 aromatic carbocycles. The van der Waals surface area contributed by atoms with E-state index in [2.05, 4.69) is 27.0 Å². The van der Waals surface area contributed by atoms with Gasteiger partial charge in [0.2, 0.25) is 5.91 Å². The fourth-order valence-electron chi connectivity index (χ4n) is 2.98. The van der Waals surface area contributed by atoms with Gasteiger partial charge in [-0.3, -0.25) is 9.48 Å². The van der Waals surface area contributed by atoms with Crippen LogP contribution in [0.5, 0.6) is 0 Å². The topological polar surface area (TPSA) is 88.0 Å². The lowest BCUT2D eigenvalue weighted by molar-refractivity contribution is -0.115. The van der Waals surface area contributed by atoms with Gasteiger partial charge in [0, 0.05) is 22.6 Å². The highest BCUT2D eigenvalue weighted by Crippen LogP contribution is 2.13. The number of carbonyl (C=O) groups is 2. The molecule has 0 saturated carbocycles. The Bertz CT molecular complexity index is 1110. The number of urea groups is 1. The first kappa shape index (κ1) is 20.7. The lowest BCUT2D eigenvalue weighted by Gasteiger charge is -2.10. The number of hydrogen-bond donors (Lipinski definition) is 3. The number of amides is 3. The van der Waals surface area contributed by atoms with Gasteiger partial charge >= 0.3 is 6.03 Å². The van der Waals surface area contributed by atoms with Gasteiger partial charge in [-0.05, 0) is 55.8 Å². The van der Waals surface area contributed by atoms with Crippen molar-refractivity contribution < 1.29 is 9.59 Å². The van der Waals surface area contributed by atoms with E-state index in [0.717, 1.165) is 17.0 Å². The van der Waals surface area contributed by atoms with Crippen molar-refractivity contribution in [2.75, 3.05) is 17.2 Å². The van der Waals surface area contributed by atoms with Crippen molar-refractivity contribution in [2.24, 2.45) is 0 Å². The van der Waals surface area contributed by atoms with Gasteiger partial charge in [-0.25, -0.2) is 4.79 Å². The number of carbonyl (C=O) groups excluding carboxylic acids is 2. The van der Waals surface area contributed by atoms with Crippen LogP contribution in [0.3, 0.4) is 0 Å². The van der Waals surface area contributed by atoms with Crippen molar-refractivity contribution in [1.29, 1.82) is 0 Å². The number of terminal acetylenes is 1. The van der Waals surface area contributed by atoms with Gasteiger partial charge in [0.05, 0.1) is 18.8 Å². The molecule has 3 amide bonds. The van der Waals surface area contributed by atoms with E-state index in [1.807, 2.05) is 42.8 Å². The van der Waals surface area contributed by atoms with Crippen LogP contribution in [0.1, 0.15) is 22.5 Å². The zero-order valence-corrected chi connectivity index (χ0v) is 16.9.